The van der Waals surface area contributed by atoms with Crippen molar-refractivity contribution in [3.8, 4) is 10.6 Å². The second kappa shape index (κ2) is 8.35. The molecule has 0 aliphatic heterocycles. The maximum atomic E-state index is 12.6. The van der Waals surface area contributed by atoms with Gasteiger partial charge in [0.05, 0.1) is 12.1 Å². The lowest BCUT2D eigenvalue weighted by Gasteiger charge is -2.18. The van der Waals surface area contributed by atoms with Gasteiger partial charge in [0.25, 0.3) is 0 Å². The molecule has 3 rings (SSSR count). The van der Waals surface area contributed by atoms with E-state index >= 15 is 0 Å². The van der Waals surface area contributed by atoms with Gasteiger partial charge < -0.3 is 9.80 Å². The number of hydrogen-bond acceptors (Lipinski definition) is 4. The highest BCUT2D eigenvalue weighted by Gasteiger charge is 2.13. The molecule has 27 heavy (non-hydrogen) atoms. The molecule has 4 nitrogen and oxygen atoms in total. The Hall–Kier alpha value is -2.66. The number of rotatable bonds is 6. The number of benzene rings is 2. The number of aryl methyl sites for hydroxylation is 1. The van der Waals surface area contributed by atoms with Crippen molar-refractivity contribution in [1.29, 1.82) is 0 Å². The zero-order valence-corrected chi connectivity index (χ0v) is 17.1. The molecule has 1 aromatic heterocycles. The normalized spacial score (nSPS) is 10.7. The average molecular weight is 380 g/mol. The summed E-state index contributed by atoms with van der Waals surface area (Å²) in [6.45, 7) is 2.67. The minimum Gasteiger partial charge on any atom is -0.378 e. The van der Waals surface area contributed by atoms with Gasteiger partial charge in [-0.1, -0.05) is 42.0 Å². The molecule has 0 saturated heterocycles. The molecule has 1 heterocycles. The summed E-state index contributed by atoms with van der Waals surface area (Å²) in [4.78, 5) is 21.0. The van der Waals surface area contributed by atoms with Crippen molar-refractivity contribution in [2.24, 2.45) is 0 Å². The van der Waals surface area contributed by atoms with Crippen LogP contribution in [0.3, 0.4) is 0 Å². The van der Waals surface area contributed by atoms with Crippen LogP contribution in [0, 0.1) is 6.92 Å². The van der Waals surface area contributed by atoms with Crippen molar-refractivity contribution in [2.45, 2.75) is 19.9 Å². The number of hydrogen-bond donors (Lipinski definition) is 0. The molecule has 0 fully saturated rings. The van der Waals surface area contributed by atoms with E-state index in [1.807, 2.05) is 26.5 Å². The largest absolute Gasteiger partial charge is 0.378 e. The molecule has 0 radical (unpaired) electrons. The number of aromatic nitrogens is 1. The maximum absolute atomic E-state index is 12.6. The minimum absolute atomic E-state index is 0.0763. The molecule has 0 spiro atoms. The van der Waals surface area contributed by atoms with Crippen LogP contribution in [-0.4, -0.2) is 36.9 Å². The third-order valence-electron chi connectivity index (χ3n) is 4.48. The summed E-state index contributed by atoms with van der Waals surface area (Å²) >= 11 is 1.58. The smallest absolute Gasteiger partial charge is 0.228 e. The third kappa shape index (κ3) is 4.95. The molecule has 0 saturated carbocycles. The van der Waals surface area contributed by atoms with Gasteiger partial charge in [0.15, 0.2) is 0 Å². The summed E-state index contributed by atoms with van der Waals surface area (Å²) < 4.78 is 0. The molecule has 5 heteroatoms. The summed E-state index contributed by atoms with van der Waals surface area (Å²) in [5.41, 5.74) is 5.42. The Morgan fingerprint density at radius 1 is 1.00 bits per heavy atom. The first kappa shape index (κ1) is 19.1. The summed E-state index contributed by atoms with van der Waals surface area (Å²) in [6.07, 6.45) is 0.328. The number of likely N-dealkylation sites (N-methyl/N-ethyl adjacent to an activating group) is 1. The van der Waals surface area contributed by atoms with E-state index in [-0.39, 0.29) is 5.91 Å². The second-order valence-corrected chi connectivity index (χ2v) is 7.86. The first-order chi connectivity index (χ1) is 12.9. The quantitative estimate of drug-likeness (QED) is 0.637. The van der Waals surface area contributed by atoms with Crippen LogP contribution in [0.15, 0.2) is 53.9 Å². The molecule has 0 aliphatic rings. The van der Waals surface area contributed by atoms with Crippen LogP contribution in [0.4, 0.5) is 5.69 Å². The van der Waals surface area contributed by atoms with Crippen LogP contribution in [-0.2, 0) is 17.8 Å². The van der Waals surface area contributed by atoms with E-state index in [9.17, 15) is 4.79 Å². The van der Waals surface area contributed by atoms with Gasteiger partial charge in [0, 0.05) is 44.3 Å². The van der Waals surface area contributed by atoms with E-state index in [2.05, 4.69) is 65.3 Å². The van der Waals surface area contributed by atoms with Crippen molar-refractivity contribution < 1.29 is 4.79 Å². The van der Waals surface area contributed by atoms with Crippen LogP contribution < -0.4 is 4.90 Å². The fraction of sp³-hybridized carbons (Fsp3) is 0.273. The van der Waals surface area contributed by atoms with Gasteiger partial charge in [-0.25, -0.2) is 4.98 Å². The standard InChI is InChI=1S/C22H25N3OS/c1-16-5-9-18(10-6-16)22-23-19(15-27-22)13-21(26)25(4)14-17-7-11-20(12-8-17)24(2)3/h5-12,15H,13-14H2,1-4H3. The summed E-state index contributed by atoms with van der Waals surface area (Å²) in [7, 11) is 5.88. The Kier molecular flexibility index (Phi) is 5.91. The van der Waals surface area contributed by atoms with Crippen molar-refractivity contribution in [1.82, 2.24) is 9.88 Å². The van der Waals surface area contributed by atoms with Gasteiger partial charge in [-0.05, 0) is 24.6 Å². The number of anilines is 1. The Balaban J connectivity index is 1.60. The van der Waals surface area contributed by atoms with Crippen LogP contribution in [0.2, 0.25) is 0 Å². The van der Waals surface area contributed by atoms with Crippen molar-refractivity contribution in [2.75, 3.05) is 26.0 Å². The Labute approximate surface area is 165 Å². The summed E-state index contributed by atoms with van der Waals surface area (Å²) in [5, 5.41) is 2.94. The molecule has 0 atom stereocenters. The topological polar surface area (TPSA) is 36.4 Å². The van der Waals surface area contributed by atoms with Gasteiger partial charge in [-0.2, -0.15) is 0 Å². The molecule has 2 aromatic carbocycles. The third-order valence-corrected chi connectivity index (χ3v) is 5.42. The average Bonchev–Trinajstić information content (AvgIpc) is 3.11. The number of amides is 1. The van der Waals surface area contributed by atoms with E-state index < -0.39 is 0 Å². The zero-order valence-electron chi connectivity index (χ0n) is 16.3. The molecule has 0 aliphatic carbocycles. The molecule has 3 aromatic rings. The number of nitrogens with zero attached hydrogens (tertiary/aromatic N) is 3. The number of carbonyl (C=O) groups excluding carboxylic acids is 1. The highest BCUT2D eigenvalue weighted by Crippen LogP contribution is 2.24. The lowest BCUT2D eigenvalue weighted by atomic mass is 10.1. The molecule has 0 bridgehead atoms. The van der Waals surface area contributed by atoms with Crippen LogP contribution in [0.1, 0.15) is 16.8 Å². The van der Waals surface area contributed by atoms with Gasteiger partial charge in [-0.15, -0.1) is 11.3 Å². The molecule has 0 N–H and O–H groups in total. The first-order valence-corrected chi connectivity index (χ1v) is 9.82. The second-order valence-electron chi connectivity index (χ2n) is 7.00. The lowest BCUT2D eigenvalue weighted by molar-refractivity contribution is -0.129. The van der Waals surface area contributed by atoms with Crippen molar-refractivity contribution in [3.05, 3.63) is 70.7 Å². The van der Waals surface area contributed by atoms with Crippen LogP contribution in [0.25, 0.3) is 10.6 Å². The highest BCUT2D eigenvalue weighted by molar-refractivity contribution is 7.13. The number of thiazole rings is 1. The van der Waals surface area contributed by atoms with E-state index in [4.69, 9.17) is 0 Å². The molecular weight excluding hydrogens is 354 g/mol. The molecule has 0 unspecified atom stereocenters. The van der Waals surface area contributed by atoms with Crippen molar-refractivity contribution >= 4 is 22.9 Å². The maximum Gasteiger partial charge on any atom is 0.228 e. The summed E-state index contributed by atoms with van der Waals surface area (Å²) in [5.74, 6) is 0.0763. The molecular formula is C22H25N3OS. The van der Waals surface area contributed by atoms with Gasteiger partial charge in [0.1, 0.15) is 5.01 Å². The van der Waals surface area contributed by atoms with E-state index in [0.29, 0.717) is 13.0 Å². The van der Waals surface area contributed by atoms with Crippen molar-refractivity contribution in [3.63, 3.8) is 0 Å². The Morgan fingerprint density at radius 2 is 1.67 bits per heavy atom. The fourth-order valence-corrected chi connectivity index (χ4v) is 3.59. The van der Waals surface area contributed by atoms with E-state index in [1.165, 1.54) is 5.56 Å². The first-order valence-electron chi connectivity index (χ1n) is 8.94. The summed E-state index contributed by atoms with van der Waals surface area (Å²) in [6, 6.07) is 16.6. The van der Waals surface area contributed by atoms with E-state index in [0.717, 1.165) is 27.5 Å². The molecule has 1 amide bonds. The predicted molar refractivity (Wildman–Crippen MR) is 113 cm³/mol. The van der Waals surface area contributed by atoms with E-state index in [1.54, 1.807) is 16.2 Å². The van der Waals surface area contributed by atoms with Crippen LogP contribution >= 0.6 is 11.3 Å². The van der Waals surface area contributed by atoms with Gasteiger partial charge >= 0.3 is 0 Å². The number of carbonyl (C=O) groups is 1. The van der Waals surface area contributed by atoms with Gasteiger partial charge in [-0.3, -0.25) is 4.79 Å². The fourth-order valence-electron chi connectivity index (χ4n) is 2.77. The minimum atomic E-state index is 0.0763. The monoisotopic (exact) mass is 379 g/mol. The SMILES string of the molecule is Cc1ccc(-c2nc(CC(=O)N(C)Cc3ccc(N(C)C)cc3)cs2)cc1. The Bertz CT molecular complexity index is 898. The van der Waals surface area contributed by atoms with Gasteiger partial charge in [0.2, 0.25) is 5.91 Å². The zero-order chi connectivity index (χ0) is 19.4. The molecule has 140 valence electrons. The lowest BCUT2D eigenvalue weighted by Crippen LogP contribution is -2.27. The van der Waals surface area contributed by atoms with Crippen LogP contribution in [0.5, 0.6) is 0 Å². The highest BCUT2D eigenvalue weighted by atomic mass is 32.1. The predicted octanol–water partition coefficient (Wildman–Crippen LogP) is 4.39. The Morgan fingerprint density at radius 3 is 2.30 bits per heavy atom.